The summed E-state index contributed by atoms with van der Waals surface area (Å²) in [7, 11) is -3.60. The van der Waals surface area contributed by atoms with Gasteiger partial charge in [0.2, 0.25) is 10.0 Å². The molecule has 0 aliphatic heterocycles. The Bertz CT molecular complexity index is 566. The van der Waals surface area contributed by atoms with Crippen LogP contribution >= 0.6 is 0 Å². The fraction of sp³-hybridized carbons (Fsp3) is 0.500. The molecular formula is C14H23N3O3S. The zero-order chi connectivity index (χ0) is 16.0. The van der Waals surface area contributed by atoms with E-state index in [1.807, 2.05) is 13.8 Å². The molecule has 0 bridgehead atoms. The summed E-state index contributed by atoms with van der Waals surface area (Å²) in [5, 5.41) is 0. The summed E-state index contributed by atoms with van der Waals surface area (Å²) < 4.78 is 26.6. The highest BCUT2D eigenvalue weighted by atomic mass is 32.2. The van der Waals surface area contributed by atoms with E-state index in [1.165, 1.54) is 24.3 Å². The van der Waals surface area contributed by atoms with Crippen LogP contribution in [0.4, 0.5) is 0 Å². The van der Waals surface area contributed by atoms with Crippen molar-refractivity contribution in [3.05, 3.63) is 29.8 Å². The minimum absolute atomic E-state index is 0.104. The van der Waals surface area contributed by atoms with Crippen molar-refractivity contribution in [2.45, 2.75) is 31.7 Å². The van der Waals surface area contributed by atoms with E-state index in [-0.39, 0.29) is 23.4 Å². The first-order valence-corrected chi connectivity index (χ1v) is 8.45. The lowest BCUT2D eigenvalue weighted by Crippen LogP contribution is -2.37. The Kier molecular flexibility index (Phi) is 6.32. The number of rotatable bonds is 7. The quantitative estimate of drug-likeness (QED) is 0.778. The van der Waals surface area contributed by atoms with Crippen LogP contribution in [-0.2, 0) is 10.0 Å². The number of benzene rings is 1. The fourth-order valence-corrected chi connectivity index (χ4v) is 3.11. The van der Waals surface area contributed by atoms with Gasteiger partial charge >= 0.3 is 0 Å². The number of nitrogens with zero attached hydrogens (tertiary/aromatic N) is 1. The largest absolute Gasteiger partial charge is 0.339 e. The van der Waals surface area contributed by atoms with Crippen molar-refractivity contribution in [1.82, 2.24) is 9.62 Å². The van der Waals surface area contributed by atoms with Gasteiger partial charge in [0, 0.05) is 31.2 Å². The molecule has 0 saturated heterocycles. The summed E-state index contributed by atoms with van der Waals surface area (Å²) in [6, 6.07) is 5.59. The number of nitrogens with two attached hydrogens (primary N) is 1. The summed E-state index contributed by atoms with van der Waals surface area (Å²) in [5.74, 6) is -0.104. The van der Waals surface area contributed by atoms with Gasteiger partial charge in [0.05, 0.1) is 4.90 Å². The average molecular weight is 313 g/mol. The Morgan fingerprint density at radius 3 is 2.19 bits per heavy atom. The summed E-state index contributed by atoms with van der Waals surface area (Å²) in [5.41, 5.74) is 5.88. The molecule has 0 radical (unpaired) electrons. The van der Waals surface area contributed by atoms with E-state index in [4.69, 9.17) is 5.73 Å². The Balaban J connectivity index is 2.95. The first-order chi connectivity index (χ1) is 9.85. The SMILES string of the molecule is CCN(CC)C(=O)c1ccc(S(=O)(=O)N[C@@H](C)CN)cc1. The minimum Gasteiger partial charge on any atom is -0.339 e. The Morgan fingerprint density at radius 1 is 1.24 bits per heavy atom. The van der Waals surface area contributed by atoms with Crippen molar-refractivity contribution in [1.29, 1.82) is 0 Å². The molecular weight excluding hydrogens is 290 g/mol. The Labute approximate surface area is 126 Å². The van der Waals surface area contributed by atoms with Gasteiger partial charge < -0.3 is 10.6 Å². The molecule has 0 saturated carbocycles. The summed E-state index contributed by atoms with van der Waals surface area (Å²) >= 11 is 0. The lowest BCUT2D eigenvalue weighted by atomic mass is 10.2. The van der Waals surface area contributed by atoms with Crippen LogP contribution in [0.15, 0.2) is 29.2 Å². The summed E-state index contributed by atoms with van der Waals surface area (Å²) in [6.07, 6.45) is 0. The second kappa shape index (κ2) is 7.53. The molecule has 118 valence electrons. The van der Waals surface area contributed by atoms with E-state index in [0.717, 1.165) is 0 Å². The zero-order valence-corrected chi connectivity index (χ0v) is 13.5. The molecule has 0 aliphatic rings. The second-order valence-electron chi connectivity index (χ2n) is 4.76. The Hall–Kier alpha value is -1.44. The molecule has 1 amide bonds. The fourth-order valence-electron chi connectivity index (χ4n) is 1.85. The van der Waals surface area contributed by atoms with Crippen LogP contribution < -0.4 is 10.5 Å². The van der Waals surface area contributed by atoms with Gasteiger partial charge in [0.1, 0.15) is 0 Å². The number of carbonyl (C=O) groups excluding carboxylic acids is 1. The molecule has 1 aromatic rings. The highest BCUT2D eigenvalue weighted by molar-refractivity contribution is 7.89. The van der Waals surface area contributed by atoms with Crippen LogP contribution in [0.2, 0.25) is 0 Å². The third-order valence-corrected chi connectivity index (χ3v) is 4.78. The van der Waals surface area contributed by atoms with Gasteiger partial charge in [-0.3, -0.25) is 4.79 Å². The molecule has 0 unspecified atom stereocenters. The highest BCUT2D eigenvalue weighted by Gasteiger charge is 2.18. The second-order valence-corrected chi connectivity index (χ2v) is 6.47. The Morgan fingerprint density at radius 2 is 1.76 bits per heavy atom. The van der Waals surface area contributed by atoms with Gasteiger partial charge in [-0.05, 0) is 45.0 Å². The third kappa shape index (κ3) is 4.52. The number of sulfonamides is 1. The third-order valence-electron chi connectivity index (χ3n) is 3.17. The van der Waals surface area contributed by atoms with Gasteiger partial charge in [-0.15, -0.1) is 0 Å². The molecule has 1 rings (SSSR count). The maximum atomic E-state index is 12.1. The van der Waals surface area contributed by atoms with Gasteiger partial charge in [0.25, 0.3) is 5.91 Å². The molecule has 21 heavy (non-hydrogen) atoms. The van der Waals surface area contributed by atoms with Gasteiger partial charge in [0.15, 0.2) is 0 Å². The number of hydrogen-bond acceptors (Lipinski definition) is 4. The van der Waals surface area contributed by atoms with Crippen molar-refractivity contribution in [2.75, 3.05) is 19.6 Å². The molecule has 0 aromatic heterocycles. The maximum absolute atomic E-state index is 12.1. The first-order valence-electron chi connectivity index (χ1n) is 6.97. The standard InChI is InChI=1S/C14H23N3O3S/c1-4-17(5-2)14(18)12-6-8-13(9-7-12)21(19,20)16-11(3)10-15/h6-9,11,16H,4-5,10,15H2,1-3H3/t11-/m0/s1. The van der Waals surface area contributed by atoms with Gasteiger partial charge in [-0.1, -0.05) is 0 Å². The number of amides is 1. The van der Waals surface area contributed by atoms with Gasteiger partial charge in [-0.2, -0.15) is 0 Å². The molecule has 1 atom stereocenters. The van der Waals surface area contributed by atoms with Crippen molar-refractivity contribution in [2.24, 2.45) is 5.73 Å². The molecule has 0 heterocycles. The van der Waals surface area contributed by atoms with E-state index < -0.39 is 10.0 Å². The lowest BCUT2D eigenvalue weighted by molar-refractivity contribution is 0.0773. The smallest absolute Gasteiger partial charge is 0.253 e. The van der Waals surface area contributed by atoms with E-state index in [9.17, 15) is 13.2 Å². The minimum atomic E-state index is -3.60. The lowest BCUT2D eigenvalue weighted by Gasteiger charge is -2.18. The maximum Gasteiger partial charge on any atom is 0.253 e. The number of nitrogens with one attached hydrogen (secondary N) is 1. The number of hydrogen-bond donors (Lipinski definition) is 2. The van der Waals surface area contributed by atoms with E-state index in [0.29, 0.717) is 18.7 Å². The van der Waals surface area contributed by atoms with Crippen LogP contribution in [0.1, 0.15) is 31.1 Å². The van der Waals surface area contributed by atoms with Crippen LogP contribution in [-0.4, -0.2) is 44.9 Å². The van der Waals surface area contributed by atoms with E-state index in [1.54, 1.807) is 11.8 Å². The van der Waals surface area contributed by atoms with Crippen LogP contribution in [0.3, 0.4) is 0 Å². The normalized spacial score (nSPS) is 13.0. The van der Waals surface area contributed by atoms with Crippen molar-refractivity contribution >= 4 is 15.9 Å². The zero-order valence-electron chi connectivity index (χ0n) is 12.7. The average Bonchev–Trinajstić information content (AvgIpc) is 2.48. The molecule has 1 aromatic carbocycles. The molecule has 6 nitrogen and oxygen atoms in total. The van der Waals surface area contributed by atoms with Crippen LogP contribution in [0, 0.1) is 0 Å². The van der Waals surface area contributed by atoms with Crippen LogP contribution in [0.25, 0.3) is 0 Å². The molecule has 0 fully saturated rings. The van der Waals surface area contributed by atoms with E-state index >= 15 is 0 Å². The van der Waals surface area contributed by atoms with Crippen molar-refractivity contribution in [3.63, 3.8) is 0 Å². The topological polar surface area (TPSA) is 92.5 Å². The van der Waals surface area contributed by atoms with E-state index in [2.05, 4.69) is 4.72 Å². The first kappa shape index (κ1) is 17.6. The van der Waals surface area contributed by atoms with Crippen molar-refractivity contribution < 1.29 is 13.2 Å². The monoisotopic (exact) mass is 313 g/mol. The van der Waals surface area contributed by atoms with Crippen molar-refractivity contribution in [3.8, 4) is 0 Å². The highest BCUT2D eigenvalue weighted by Crippen LogP contribution is 2.12. The molecule has 3 N–H and O–H groups in total. The predicted octanol–water partition coefficient (Wildman–Crippen LogP) is 0.794. The summed E-state index contributed by atoms with van der Waals surface area (Å²) in [4.78, 5) is 13.9. The predicted molar refractivity (Wildman–Crippen MR) is 82.5 cm³/mol. The summed E-state index contributed by atoms with van der Waals surface area (Å²) in [6.45, 7) is 6.94. The number of carbonyl (C=O) groups is 1. The molecule has 0 aliphatic carbocycles. The molecule has 0 spiro atoms. The van der Waals surface area contributed by atoms with Gasteiger partial charge in [-0.25, -0.2) is 13.1 Å². The van der Waals surface area contributed by atoms with Crippen LogP contribution in [0.5, 0.6) is 0 Å². The molecule has 7 heteroatoms.